The molecule has 0 unspecified atom stereocenters. The molecule has 0 atom stereocenters. The van der Waals surface area contributed by atoms with Crippen molar-refractivity contribution in [2.75, 3.05) is 0 Å². The lowest BCUT2D eigenvalue weighted by Gasteiger charge is -2.33. The molecule has 0 aliphatic heterocycles. The van der Waals surface area contributed by atoms with Crippen LogP contribution < -0.4 is 0 Å². The van der Waals surface area contributed by atoms with E-state index < -0.39 is 8.07 Å². The van der Waals surface area contributed by atoms with Gasteiger partial charge in [0.25, 0.3) is 0 Å². The van der Waals surface area contributed by atoms with E-state index in [4.69, 9.17) is 0 Å². The molecule has 10 heavy (non-hydrogen) atoms. The molecule has 0 amide bonds. The van der Waals surface area contributed by atoms with Gasteiger partial charge in [-0.15, -0.1) is 0 Å². The summed E-state index contributed by atoms with van der Waals surface area (Å²) in [6, 6.07) is 0. The van der Waals surface area contributed by atoms with Gasteiger partial charge in [0.05, 0.1) is 8.07 Å². The molecule has 0 aromatic heterocycles. The summed E-state index contributed by atoms with van der Waals surface area (Å²) in [7, 11) is -1.13. The van der Waals surface area contributed by atoms with Gasteiger partial charge in [0.1, 0.15) is 0 Å². The van der Waals surface area contributed by atoms with Gasteiger partial charge in [-0.3, -0.25) is 0 Å². The maximum absolute atomic E-state index is 3.33. The van der Waals surface area contributed by atoms with E-state index in [2.05, 4.69) is 55.5 Å². The van der Waals surface area contributed by atoms with Crippen LogP contribution in [0.3, 0.4) is 0 Å². The summed E-state index contributed by atoms with van der Waals surface area (Å²) < 4.78 is 0. The van der Waals surface area contributed by atoms with Crippen LogP contribution in [0.15, 0.2) is 10.7 Å². The van der Waals surface area contributed by atoms with Gasteiger partial charge in [0.15, 0.2) is 0 Å². The average Bonchev–Trinajstić information content (AvgIpc) is 1.61. The minimum Gasteiger partial charge on any atom is -0.0874 e. The van der Waals surface area contributed by atoms with E-state index in [9.17, 15) is 0 Å². The van der Waals surface area contributed by atoms with Crippen LogP contribution in [0.2, 0.25) is 18.1 Å². The lowest BCUT2D eigenvalue weighted by atomic mass is 10.2. The van der Waals surface area contributed by atoms with E-state index in [0.29, 0.717) is 5.04 Å². The van der Waals surface area contributed by atoms with Gasteiger partial charge in [0.2, 0.25) is 0 Å². The normalized spacial score (nSPS) is 14.6. The highest BCUT2D eigenvalue weighted by molar-refractivity contribution is 9.11. The number of halogens is 1. The Hall–Kier alpha value is 0.437. The Bertz CT molecular complexity index is 131. The average molecular weight is 221 g/mol. The minimum absolute atomic E-state index is 0.470. The summed E-state index contributed by atoms with van der Waals surface area (Å²) in [5, 5.41) is 0.470. The van der Waals surface area contributed by atoms with E-state index in [1.54, 1.807) is 0 Å². The highest BCUT2D eigenvalue weighted by atomic mass is 79.9. The smallest absolute Gasteiger partial charge is 0.0777 e. The predicted molar refractivity (Wildman–Crippen MR) is 55.3 cm³/mol. The Labute approximate surface area is 73.9 Å². The fourth-order valence-corrected chi connectivity index (χ4v) is 3.20. The third kappa shape index (κ3) is 2.58. The fraction of sp³-hybridized carbons (Fsp3) is 0.750. The molecule has 0 heterocycles. The third-order valence-electron chi connectivity index (χ3n) is 2.41. The first-order valence-electron chi connectivity index (χ1n) is 3.59. The fourth-order valence-electron chi connectivity index (χ4n) is 0.407. The largest absolute Gasteiger partial charge is 0.0874 e. The molecule has 0 aliphatic carbocycles. The minimum atomic E-state index is -1.13. The molecule has 60 valence electrons. The van der Waals surface area contributed by atoms with Crippen molar-refractivity contribution in [3.63, 3.8) is 0 Å². The summed E-state index contributed by atoms with van der Waals surface area (Å²) in [6.07, 6.45) is 0. The van der Waals surface area contributed by atoms with Gasteiger partial charge in [-0.2, -0.15) is 0 Å². The summed E-state index contributed by atoms with van der Waals surface area (Å²) in [6.45, 7) is 11.7. The second-order valence-corrected chi connectivity index (χ2v) is 10.1. The first-order valence-corrected chi connectivity index (χ1v) is 7.58. The molecule has 0 aromatic rings. The van der Waals surface area contributed by atoms with Gasteiger partial charge >= 0.3 is 0 Å². The maximum atomic E-state index is 3.33. The molecular weight excluding hydrogens is 204 g/mol. The zero-order valence-electron chi connectivity index (χ0n) is 7.53. The summed E-state index contributed by atoms with van der Waals surface area (Å²) in [5.74, 6) is 0. The molecule has 2 heteroatoms. The van der Waals surface area contributed by atoms with Gasteiger partial charge in [-0.25, -0.2) is 0 Å². The number of hydrogen-bond donors (Lipinski definition) is 0. The van der Waals surface area contributed by atoms with Crippen LogP contribution in [-0.2, 0) is 0 Å². The third-order valence-corrected chi connectivity index (χ3v) is 8.03. The molecule has 0 N–H and O–H groups in total. The van der Waals surface area contributed by atoms with E-state index in [1.807, 2.05) is 4.99 Å². The molecule has 0 saturated carbocycles. The van der Waals surface area contributed by atoms with Crippen LogP contribution in [0.5, 0.6) is 0 Å². The van der Waals surface area contributed by atoms with Crippen molar-refractivity contribution in [1.29, 1.82) is 0 Å². The zero-order valence-corrected chi connectivity index (χ0v) is 10.1. The van der Waals surface area contributed by atoms with Crippen LogP contribution in [0, 0.1) is 0 Å². The quantitative estimate of drug-likeness (QED) is 0.588. The van der Waals surface area contributed by atoms with Crippen molar-refractivity contribution in [3.05, 3.63) is 10.7 Å². The van der Waals surface area contributed by atoms with Crippen molar-refractivity contribution in [2.24, 2.45) is 0 Å². The first-order chi connectivity index (χ1) is 4.31. The Morgan fingerprint density at radius 3 is 1.70 bits per heavy atom. The van der Waals surface area contributed by atoms with Crippen LogP contribution in [0.25, 0.3) is 0 Å². The van der Waals surface area contributed by atoms with Crippen molar-refractivity contribution in [2.45, 2.75) is 38.9 Å². The molecule has 0 spiro atoms. The van der Waals surface area contributed by atoms with Crippen LogP contribution in [0.4, 0.5) is 0 Å². The molecule has 0 nitrogen and oxygen atoms in total. The van der Waals surface area contributed by atoms with E-state index in [1.165, 1.54) is 0 Å². The Balaban J connectivity index is 4.40. The molecule has 0 fully saturated rings. The van der Waals surface area contributed by atoms with Crippen LogP contribution >= 0.6 is 15.9 Å². The monoisotopic (exact) mass is 220 g/mol. The van der Waals surface area contributed by atoms with Crippen LogP contribution in [0.1, 0.15) is 20.8 Å². The number of rotatable bonds is 1. The van der Waals surface area contributed by atoms with Crippen LogP contribution in [-0.4, -0.2) is 8.07 Å². The molecule has 0 aromatic carbocycles. The summed E-state index contributed by atoms with van der Waals surface area (Å²) in [4.78, 5) is 2.00. The predicted octanol–water partition coefficient (Wildman–Crippen LogP) is 3.94. The molecule has 0 radical (unpaired) electrons. The van der Waals surface area contributed by atoms with Gasteiger partial charge < -0.3 is 0 Å². The van der Waals surface area contributed by atoms with E-state index >= 15 is 0 Å². The van der Waals surface area contributed by atoms with E-state index in [0.717, 1.165) is 0 Å². The van der Waals surface area contributed by atoms with Gasteiger partial charge in [-0.1, -0.05) is 55.5 Å². The Morgan fingerprint density at radius 1 is 1.20 bits per heavy atom. The Morgan fingerprint density at radius 2 is 1.60 bits per heavy atom. The molecular formula is C8H17BrSi. The van der Waals surface area contributed by atoms with Crippen molar-refractivity contribution in [3.8, 4) is 0 Å². The van der Waals surface area contributed by atoms with Gasteiger partial charge in [-0.05, 0) is 10.0 Å². The summed E-state index contributed by atoms with van der Waals surface area (Å²) >= 11 is 3.33. The zero-order chi connectivity index (χ0) is 8.41. The summed E-state index contributed by atoms with van der Waals surface area (Å²) in [5.41, 5.74) is 2.33. The first kappa shape index (κ1) is 10.4. The van der Waals surface area contributed by atoms with Crippen molar-refractivity contribution >= 4 is 24.0 Å². The topological polar surface area (TPSA) is 0 Å². The second-order valence-electron chi connectivity index (χ2n) is 4.26. The van der Waals surface area contributed by atoms with E-state index in [-0.39, 0.29) is 0 Å². The highest BCUT2D eigenvalue weighted by Crippen LogP contribution is 2.36. The highest BCUT2D eigenvalue weighted by Gasteiger charge is 2.31. The lowest BCUT2D eigenvalue weighted by Crippen LogP contribution is -2.34. The maximum Gasteiger partial charge on any atom is 0.0777 e. The SMILES string of the molecule is CC(C)(C)[Si](C)(C)/C=C\Br. The van der Waals surface area contributed by atoms with Gasteiger partial charge in [0, 0.05) is 0 Å². The Kier molecular flexibility index (Phi) is 3.36. The van der Waals surface area contributed by atoms with Crippen molar-refractivity contribution < 1.29 is 0 Å². The second kappa shape index (κ2) is 3.22. The molecule has 0 saturated heterocycles. The standard InChI is InChI=1S/C8H17BrSi/c1-8(2,3)10(4,5)7-6-9/h6-7H,1-5H3/b7-6-. The molecule has 0 bridgehead atoms. The molecule has 0 rings (SSSR count). The lowest BCUT2D eigenvalue weighted by molar-refractivity contribution is 0.729. The molecule has 0 aliphatic rings. The van der Waals surface area contributed by atoms with Crippen molar-refractivity contribution in [1.82, 2.24) is 0 Å². The number of hydrogen-bond acceptors (Lipinski definition) is 0.